The molecule has 0 aliphatic carbocycles. The number of carbonyl (C=O) groups excluding carboxylic acids is 1. The van der Waals surface area contributed by atoms with Crippen molar-refractivity contribution in [1.29, 1.82) is 0 Å². The van der Waals surface area contributed by atoms with Crippen molar-refractivity contribution >= 4 is 5.97 Å². The van der Waals surface area contributed by atoms with E-state index < -0.39 is 5.97 Å². The number of esters is 1. The Balaban J connectivity index is 2.08. The van der Waals surface area contributed by atoms with Crippen LogP contribution in [-0.2, 0) is 11.3 Å². The molecule has 0 saturated heterocycles. The third kappa shape index (κ3) is 3.28. The first-order chi connectivity index (χ1) is 9.62. The van der Waals surface area contributed by atoms with Crippen molar-refractivity contribution in [3.8, 4) is 11.5 Å². The number of methoxy groups -OCH3 is 2. The maximum Gasteiger partial charge on any atom is 0.338 e. The smallest absolute Gasteiger partial charge is 0.338 e. The molecule has 0 bridgehead atoms. The number of aromatic nitrogens is 1. The molecule has 0 spiro atoms. The van der Waals surface area contributed by atoms with Crippen LogP contribution in [0.3, 0.4) is 0 Å². The van der Waals surface area contributed by atoms with Gasteiger partial charge in [0.25, 0.3) is 0 Å². The van der Waals surface area contributed by atoms with Gasteiger partial charge in [-0.2, -0.15) is 0 Å². The number of rotatable bonds is 5. The maximum absolute atomic E-state index is 12.0. The zero-order valence-electron chi connectivity index (χ0n) is 11.5. The Morgan fingerprint density at radius 1 is 1.15 bits per heavy atom. The van der Waals surface area contributed by atoms with Crippen LogP contribution in [0.4, 0.5) is 0 Å². The van der Waals surface area contributed by atoms with Gasteiger partial charge in [-0.05, 0) is 19.1 Å². The maximum atomic E-state index is 12.0. The van der Waals surface area contributed by atoms with E-state index in [-0.39, 0.29) is 6.61 Å². The van der Waals surface area contributed by atoms with Gasteiger partial charge in [0.05, 0.1) is 19.8 Å². The van der Waals surface area contributed by atoms with Crippen molar-refractivity contribution in [2.45, 2.75) is 13.5 Å². The van der Waals surface area contributed by atoms with Gasteiger partial charge >= 0.3 is 5.97 Å². The van der Waals surface area contributed by atoms with E-state index in [0.717, 1.165) is 0 Å². The van der Waals surface area contributed by atoms with Gasteiger partial charge in [-0.25, -0.2) is 4.79 Å². The second kappa shape index (κ2) is 6.10. The van der Waals surface area contributed by atoms with Crippen molar-refractivity contribution in [1.82, 2.24) is 5.16 Å². The van der Waals surface area contributed by atoms with Crippen molar-refractivity contribution in [2.75, 3.05) is 14.2 Å². The number of hydrogen-bond donors (Lipinski definition) is 0. The van der Waals surface area contributed by atoms with Crippen molar-refractivity contribution in [3.05, 3.63) is 41.3 Å². The molecule has 0 unspecified atom stereocenters. The summed E-state index contributed by atoms with van der Waals surface area (Å²) in [7, 11) is 3.03. The first-order valence-corrected chi connectivity index (χ1v) is 5.94. The summed E-state index contributed by atoms with van der Waals surface area (Å²) < 4.78 is 20.2. The zero-order chi connectivity index (χ0) is 14.5. The first kappa shape index (κ1) is 13.9. The predicted octanol–water partition coefficient (Wildman–Crippen LogP) is 2.36. The van der Waals surface area contributed by atoms with Crippen LogP contribution < -0.4 is 9.47 Å². The molecule has 1 aromatic carbocycles. The average Bonchev–Trinajstić information content (AvgIpc) is 2.89. The van der Waals surface area contributed by atoms with E-state index in [2.05, 4.69) is 5.16 Å². The van der Waals surface area contributed by atoms with Crippen LogP contribution in [0.1, 0.15) is 21.8 Å². The third-order valence-corrected chi connectivity index (χ3v) is 2.62. The molecule has 2 rings (SSSR count). The minimum Gasteiger partial charge on any atom is -0.497 e. The molecule has 20 heavy (non-hydrogen) atoms. The molecule has 2 aromatic rings. The molecule has 0 aliphatic heterocycles. The Morgan fingerprint density at radius 3 is 2.30 bits per heavy atom. The number of carbonyl (C=O) groups is 1. The molecule has 1 heterocycles. The minimum atomic E-state index is -0.483. The number of aryl methyl sites for hydroxylation is 1. The van der Waals surface area contributed by atoms with Crippen molar-refractivity contribution in [3.63, 3.8) is 0 Å². The normalized spacial score (nSPS) is 10.2. The lowest BCUT2D eigenvalue weighted by molar-refractivity contribution is 0.0463. The average molecular weight is 277 g/mol. The fourth-order valence-electron chi connectivity index (χ4n) is 1.63. The van der Waals surface area contributed by atoms with Gasteiger partial charge in [-0.15, -0.1) is 0 Å². The summed E-state index contributed by atoms with van der Waals surface area (Å²) in [5.74, 6) is 1.23. The van der Waals surface area contributed by atoms with Gasteiger partial charge < -0.3 is 18.7 Å². The van der Waals surface area contributed by atoms with Gasteiger partial charge in [-0.1, -0.05) is 5.16 Å². The first-order valence-electron chi connectivity index (χ1n) is 5.94. The molecule has 0 amide bonds. The van der Waals surface area contributed by atoms with E-state index in [9.17, 15) is 4.79 Å². The molecule has 0 atom stereocenters. The lowest BCUT2D eigenvalue weighted by atomic mass is 10.2. The Labute approximate surface area is 116 Å². The second-order valence-corrected chi connectivity index (χ2v) is 4.11. The van der Waals surface area contributed by atoms with E-state index in [1.165, 1.54) is 14.2 Å². The number of nitrogens with zero attached hydrogens (tertiary/aromatic N) is 1. The van der Waals surface area contributed by atoms with E-state index in [1.807, 2.05) is 0 Å². The molecule has 0 radical (unpaired) electrons. The summed E-state index contributed by atoms with van der Waals surface area (Å²) in [4.78, 5) is 12.0. The van der Waals surface area contributed by atoms with Gasteiger partial charge in [0.15, 0.2) is 0 Å². The predicted molar refractivity (Wildman–Crippen MR) is 69.9 cm³/mol. The molecular weight excluding hydrogens is 262 g/mol. The van der Waals surface area contributed by atoms with Crippen molar-refractivity contribution in [2.24, 2.45) is 0 Å². The lowest BCUT2D eigenvalue weighted by Gasteiger charge is -2.08. The Kier molecular flexibility index (Phi) is 4.24. The minimum absolute atomic E-state index is 0.0513. The van der Waals surface area contributed by atoms with Crippen LogP contribution in [0.25, 0.3) is 0 Å². The largest absolute Gasteiger partial charge is 0.497 e. The standard InChI is InChI=1S/C14H15NO5/c1-9-4-11(15-20-9)8-19-14(16)10-5-12(17-2)7-13(6-10)18-3/h4-7H,8H2,1-3H3. The molecule has 0 saturated carbocycles. The molecule has 0 aliphatic rings. The SMILES string of the molecule is COc1cc(OC)cc(C(=O)OCc2cc(C)on2)c1. The van der Waals surface area contributed by atoms with Crippen LogP contribution in [0.15, 0.2) is 28.8 Å². The van der Waals surface area contributed by atoms with Gasteiger partial charge in [0.2, 0.25) is 0 Å². The van der Waals surface area contributed by atoms with Gasteiger partial charge in [0.1, 0.15) is 29.6 Å². The topological polar surface area (TPSA) is 70.8 Å². The molecule has 6 heteroatoms. The fourth-order valence-corrected chi connectivity index (χ4v) is 1.63. The van der Waals surface area contributed by atoms with Crippen LogP contribution in [-0.4, -0.2) is 25.3 Å². The third-order valence-electron chi connectivity index (χ3n) is 2.62. The molecule has 0 N–H and O–H groups in total. The molecular formula is C14H15NO5. The lowest BCUT2D eigenvalue weighted by Crippen LogP contribution is -2.06. The highest BCUT2D eigenvalue weighted by atomic mass is 16.5. The molecule has 6 nitrogen and oxygen atoms in total. The highest BCUT2D eigenvalue weighted by Crippen LogP contribution is 2.23. The van der Waals surface area contributed by atoms with E-state index in [4.69, 9.17) is 18.7 Å². The quantitative estimate of drug-likeness (QED) is 0.781. The Hall–Kier alpha value is -2.50. The molecule has 1 aromatic heterocycles. The van der Waals surface area contributed by atoms with Crippen LogP contribution in [0.2, 0.25) is 0 Å². The summed E-state index contributed by atoms with van der Waals surface area (Å²) >= 11 is 0. The summed E-state index contributed by atoms with van der Waals surface area (Å²) in [5, 5.41) is 3.75. The molecule has 106 valence electrons. The fraction of sp³-hybridized carbons (Fsp3) is 0.286. The summed E-state index contributed by atoms with van der Waals surface area (Å²) in [6.45, 7) is 1.82. The van der Waals surface area contributed by atoms with Gasteiger partial charge in [-0.3, -0.25) is 0 Å². The summed E-state index contributed by atoms with van der Waals surface area (Å²) in [6, 6.07) is 6.55. The summed E-state index contributed by atoms with van der Waals surface area (Å²) in [6.07, 6.45) is 0. The van der Waals surface area contributed by atoms with Crippen LogP contribution >= 0.6 is 0 Å². The van der Waals surface area contributed by atoms with Crippen LogP contribution in [0, 0.1) is 6.92 Å². The molecule has 0 fully saturated rings. The van der Waals surface area contributed by atoms with Gasteiger partial charge in [0, 0.05) is 12.1 Å². The number of benzene rings is 1. The second-order valence-electron chi connectivity index (χ2n) is 4.11. The van der Waals surface area contributed by atoms with E-state index >= 15 is 0 Å². The number of hydrogen-bond acceptors (Lipinski definition) is 6. The van der Waals surface area contributed by atoms with Crippen LogP contribution in [0.5, 0.6) is 11.5 Å². The summed E-state index contributed by atoms with van der Waals surface area (Å²) in [5.41, 5.74) is 0.909. The number of ether oxygens (including phenoxy) is 3. The zero-order valence-corrected chi connectivity index (χ0v) is 11.5. The van der Waals surface area contributed by atoms with Crippen molar-refractivity contribution < 1.29 is 23.5 Å². The monoisotopic (exact) mass is 277 g/mol. The van der Waals surface area contributed by atoms with E-state index in [0.29, 0.717) is 28.5 Å². The Bertz CT molecular complexity index is 583. The van der Waals surface area contributed by atoms with E-state index in [1.54, 1.807) is 31.2 Å². The Morgan fingerprint density at radius 2 is 1.80 bits per heavy atom. The highest BCUT2D eigenvalue weighted by Gasteiger charge is 2.12. The highest BCUT2D eigenvalue weighted by molar-refractivity contribution is 5.90.